The van der Waals surface area contributed by atoms with E-state index >= 15 is 0 Å². The van der Waals surface area contributed by atoms with Gasteiger partial charge < -0.3 is 10.6 Å². The first-order chi connectivity index (χ1) is 9.58. The number of hydrogen-bond donors (Lipinski definition) is 1. The molecule has 0 radical (unpaired) electrons. The van der Waals surface area contributed by atoms with E-state index in [9.17, 15) is 4.79 Å². The molecule has 0 aromatic heterocycles. The van der Waals surface area contributed by atoms with Gasteiger partial charge in [-0.3, -0.25) is 9.69 Å². The third-order valence-corrected chi connectivity index (χ3v) is 4.47. The van der Waals surface area contributed by atoms with Gasteiger partial charge in [-0.2, -0.15) is 0 Å². The van der Waals surface area contributed by atoms with Crippen molar-refractivity contribution in [3.05, 3.63) is 0 Å². The van der Waals surface area contributed by atoms with Gasteiger partial charge in [0.1, 0.15) is 0 Å². The van der Waals surface area contributed by atoms with Gasteiger partial charge in [0.2, 0.25) is 5.91 Å². The summed E-state index contributed by atoms with van der Waals surface area (Å²) < 4.78 is 0. The van der Waals surface area contributed by atoms with Crippen molar-refractivity contribution >= 4 is 5.91 Å². The number of carbonyl (C=O) groups excluding carboxylic acids is 1. The Morgan fingerprint density at radius 2 is 1.80 bits per heavy atom. The molecule has 0 bridgehead atoms. The summed E-state index contributed by atoms with van der Waals surface area (Å²) in [6.07, 6.45) is 3.91. The van der Waals surface area contributed by atoms with Gasteiger partial charge in [0.15, 0.2) is 0 Å². The largest absolute Gasteiger partial charge is 0.340 e. The molecule has 118 valence electrons. The van der Waals surface area contributed by atoms with E-state index in [1.54, 1.807) is 0 Å². The van der Waals surface area contributed by atoms with Crippen LogP contribution in [0.2, 0.25) is 0 Å². The van der Waals surface area contributed by atoms with Gasteiger partial charge in [0.05, 0.1) is 0 Å². The molecule has 0 aliphatic carbocycles. The Morgan fingerprint density at radius 3 is 2.30 bits per heavy atom. The highest BCUT2D eigenvalue weighted by Crippen LogP contribution is 2.21. The topological polar surface area (TPSA) is 49.6 Å². The standard InChI is InChI=1S/C16H33N3O/c1-4-9-18-10-12-19(13-11-18)16(20)6-5-15(7-8-17)14(2)3/h14-15H,4-13,17H2,1-3H3. The minimum atomic E-state index is 0.337. The Kier molecular flexibility index (Phi) is 8.15. The zero-order chi connectivity index (χ0) is 15.0. The fourth-order valence-corrected chi connectivity index (χ4v) is 3.03. The minimum Gasteiger partial charge on any atom is -0.340 e. The van der Waals surface area contributed by atoms with Crippen molar-refractivity contribution in [2.24, 2.45) is 17.6 Å². The highest BCUT2D eigenvalue weighted by atomic mass is 16.2. The smallest absolute Gasteiger partial charge is 0.222 e. The van der Waals surface area contributed by atoms with E-state index < -0.39 is 0 Å². The first-order valence-corrected chi connectivity index (χ1v) is 8.28. The molecular weight excluding hydrogens is 250 g/mol. The molecule has 0 aromatic carbocycles. The number of rotatable bonds is 8. The number of amides is 1. The lowest BCUT2D eigenvalue weighted by Crippen LogP contribution is -2.48. The summed E-state index contributed by atoms with van der Waals surface area (Å²) in [5.74, 6) is 1.54. The first kappa shape index (κ1) is 17.4. The van der Waals surface area contributed by atoms with Gasteiger partial charge in [-0.25, -0.2) is 0 Å². The predicted molar refractivity (Wildman–Crippen MR) is 84.5 cm³/mol. The SMILES string of the molecule is CCCN1CCN(C(=O)CCC(CCN)C(C)C)CC1. The van der Waals surface area contributed by atoms with Crippen molar-refractivity contribution in [1.29, 1.82) is 0 Å². The molecule has 1 rings (SSSR count). The molecule has 4 heteroatoms. The predicted octanol–water partition coefficient (Wildman–Crippen LogP) is 1.94. The van der Waals surface area contributed by atoms with Crippen LogP contribution in [0.1, 0.15) is 46.5 Å². The molecule has 0 spiro atoms. The van der Waals surface area contributed by atoms with E-state index in [4.69, 9.17) is 5.73 Å². The monoisotopic (exact) mass is 283 g/mol. The van der Waals surface area contributed by atoms with Crippen LogP contribution in [0.15, 0.2) is 0 Å². The van der Waals surface area contributed by atoms with Crippen molar-refractivity contribution in [2.75, 3.05) is 39.3 Å². The van der Waals surface area contributed by atoms with E-state index in [0.717, 1.165) is 52.1 Å². The van der Waals surface area contributed by atoms with Gasteiger partial charge in [0.25, 0.3) is 0 Å². The second-order valence-corrected chi connectivity index (χ2v) is 6.34. The van der Waals surface area contributed by atoms with Gasteiger partial charge in [-0.05, 0) is 44.2 Å². The maximum absolute atomic E-state index is 12.3. The average molecular weight is 283 g/mol. The van der Waals surface area contributed by atoms with E-state index in [2.05, 4.69) is 25.7 Å². The van der Waals surface area contributed by atoms with Crippen LogP contribution in [0.25, 0.3) is 0 Å². The second kappa shape index (κ2) is 9.35. The zero-order valence-electron chi connectivity index (χ0n) is 13.6. The molecule has 1 aliphatic heterocycles. The summed E-state index contributed by atoms with van der Waals surface area (Å²) in [4.78, 5) is 16.8. The Balaban J connectivity index is 2.29. The molecule has 4 nitrogen and oxygen atoms in total. The van der Waals surface area contributed by atoms with E-state index in [1.807, 2.05) is 4.90 Å². The molecule has 1 amide bonds. The maximum atomic E-state index is 12.3. The highest BCUT2D eigenvalue weighted by Gasteiger charge is 2.22. The highest BCUT2D eigenvalue weighted by molar-refractivity contribution is 5.76. The lowest BCUT2D eigenvalue weighted by atomic mass is 9.88. The molecule has 0 aromatic rings. The molecule has 2 N–H and O–H groups in total. The normalized spacial score (nSPS) is 18.6. The Labute approximate surface area is 124 Å². The van der Waals surface area contributed by atoms with Crippen LogP contribution in [-0.2, 0) is 4.79 Å². The van der Waals surface area contributed by atoms with E-state index in [0.29, 0.717) is 24.2 Å². The van der Waals surface area contributed by atoms with E-state index in [1.165, 1.54) is 6.42 Å². The van der Waals surface area contributed by atoms with Crippen molar-refractivity contribution in [3.63, 3.8) is 0 Å². The number of nitrogens with zero attached hydrogens (tertiary/aromatic N) is 2. The van der Waals surface area contributed by atoms with Crippen molar-refractivity contribution in [1.82, 2.24) is 9.80 Å². The fourth-order valence-electron chi connectivity index (χ4n) is 3.03. The quantitative estimate of drug-likeness (QED) is 0.740. The fraction of sp³-hybridized carbons (Fsp3) is 0.938. The van der Waals surface area contributed by atoms with Crippen LogP contribution in [0.3, 0.4) is 0 Å². The molecule has 1 unspecified atom stereocenters. The maximum Gasteiger partial charge on any atom is 0.222 e. The summed E-state index contributed by atoms with van der Waals surface area (Å²) in [5.41, 5.74) is 5.66. The van der Waals surface area contributed by atoms with Crippen LogP contribution >= 0.6 is 0 Å². The van der Waals surface area contributed by atoms with Crippen molar-refractivity contribution in [2.45, 2.75) is 46.5 Å². The number of piperazine rings is 1. The molecule has 1 saturated heterocycles. The molecule has 0 saturated carbocycles. The third-order valence-electron chi connectivity index (χ3n) is 4.47. The van der Waals surface area contributed by atoms with Crippen LogP contribution in [-0.4, -0.2) is 55.0 Å². The lowest BCUT2D eigenvalue weighted by Gasteiger charge is -2.35. The molecule has 20 heavy (non-hydrogen) atoms. The number of nitrogens with two attached hydrogens (primary N) is 1. The van der Waals surface area contributed by atoms with Gasteiger partial charge >= 0.3 is 0 Å². The Morgan fingerprint density at radius 1 is 1.15 bits per heavy atom. The summed E-state index contributed by atoms with van der Waals surface area (Å²) in [7, 11) is 0. The van der Waals surface area contributed by atoms with Crippen molar-refractivity contribution in [3.8, 4) is 0 Å². The average Bonchev–Trinajstić information content (AvgIpc) is 2.44. The van der Waals surface area contributed by atoms with E-state index in [-0.39, 0.29) is 0 Å². The lowest BCUT2D eigenvalue weighted by molar-refractivity contribution is -0.133. The van der Waals surface area contributed by atoms with Crippen molar-refractivity contribution < 1.29 is 4.79 Å². The molecular formula is C16H33N3O. The van der Waals surface area contributed by atoms with Gasteiger partial charge in [-0.15, -0.1) is 0 Å². The van der Waals surface area contributed by atoms with Crippen LogP contribution in [0.4, 0.5) is 0 Å². The molecule has 1 atom stereocenters. The zero-order valence-corrected chi connectivity index (χ0v) is 13.6. The molecule has 1 aliphatic rings. The number of carbonyl (C=O) groups is 1. The third kappa shape index (κ3) is 5.80. The summed E-state index contributed by atoms with van der Waals surface area (Å²) in [6, 6.07) is 0. The minimum absolute atomic E-state index is 0.337. The van der Waals surface area contributed by atoms with Gasteiger partial charge in [-0.1, -0.05) is 20.8 Å². The molecule has 1 heterocycles. The summed E-state index contributed by atoms with van der Waals surface area (Å²) in [5, 5.41) is 0. The molecule has 1 fully saturated rings. The first-order valence-electron chi connectivity index (χ1n) is 8.28. The summed E-state index contributed by atoms with van der Waals surface area (Å²) >= 11 is 0. The summed E-state index contributed by atoms with van der Waals surface area (Å²) in [6.45, 7) is 12.4. The van der Waals surface area contributed by atoms with Gasteiger partial charge in [0, 0.05) is 32.6 Å². The van der Waals surface area contributed by atoms with Crippen LogP contribution in [0, 0.1) is 11.8 Å². The second-order valence-electron chi connectivity index (χ2n) is 6.34. The van der Waals surface area contributed by atoms with Crippen LogP contribution < -0.4 is 5.73 Å². The Bertz CT molecular complexity index is 273. The number of hydrogen-bond acceptors (Lipinski definition) is 3. The van der Waals surface area contributed by atoms with Crippen LogP contribution in [0.5, 0.6) is 0 Å². The Hall–Kier alpha value is -0.610.